The maximum atomic E-state index is 12.5. The molecule has 0 bridgehead atoms. The highest BCUT2D eigenvalue weighted by atomic mass is 32.2. The number of fused-ring (bicyclic) bond motifs is 1. The van der Waals surface area contributed by atoms with Crippen LogP contribution >= 0.6 is 11.8 Å². The Labute approximate surface area is 138 Å². The van der Waals surface area contributed by atoms with Crippen LogP contribution in [0.15, 0.2) is 54.1 Å². The van der Waals surface area contributed by atoms with Gasteiger partial charge in [0.15, 0.2) is 5.16 Å². The fourth-order valence-corrected chi connectivity index (χ4v) is 2.70. The van der Waals surface area contributed by atoms with Gasteiger partial charge in [0, 0.05) is 37.6 Å². The van der Waals surface area contributed by atoms with Crippen molar-refractivity contribution < 1.29 is 4.79 Å². The van der Waals surface area contributed by atoms with Gasteiger partial charge in [-0.3, -0.25) is 9.78 Å². The minimum Gasteiger partial charge on any atom is -0.337 e. The fraction of sp³-hybridized carbons (Fsp3) is 0.176. The van der Waals surface area contributed by atoms with Gasteiger partial charge < -0.3 is 4.90 Å². The Kier molecular flexibility index (Phi) is 4.52. The molecule has 0 fully saturated rings. The summed E-state index contributed by atoms with van der Waals surface area (Å²) in [7, 11) is 1.78. The first-order valence-electron chi connectivity index (χ1n) is 7.13. The molecule has 0 unspecified atom stereocenters. The number of thioether (sulfide) groups is 1. The van der Waals surface area contributed by atoms with Crippen LogP contribution in [0, 0.1) is 0 Å². The first-order valence-corrected chi connectivity index (χ1v) is 8.35. The van der Waals surface area contributed by atoms with Crippen LogP contribution in [0.3, 0.4) is 0 Å². The summed E-state index contributed by atoms with van der Waals surface area (Å²) in [5, 5.41) is 1.72. The molecular formula is C17H16N4OS. The van der Waals surface area contributed by atoms with E-state index in [4.69, 9.17) is 0 Å². The number of hydrogen-bond donors (Lipinski definition) is 0. The molecule has 0 atom stereocenters. The van der Waals surface area contributed by atoms with Crippen molar-refractivity contribution in [3.05, 3.63) is 60.0 Å². The number of carbonyl (C=O) groups is 1. The maximum absolute atomic E-state index is 12.5. The van der Waals surface area contributed by atoms with E-state index in [-0.39, 0.29) is 5.91 Å². The van der Waals surface area contributed by atoms with Crippen LogP contribution < -0.4 is 0 Å². The standard InChI is InChI=1S/C17H16N4OS/c1-21(16(22)13-9-19-17(23-2)20-10-13)11-12-5-3-7-15-14(12)6-4-8-18-15/h3-10H,11H2,1-2H3. The highest BCUT2D eigenvalue weighted by Gasteiger charge is 2.14. The van der Waals surface area contributed by atoms with Crippen LogP contribution in [0.5, 0.6) is 0 Å². The van der Waals surface area contributed by atoms with E-state index in [9.17, 15) is 4.79 Å². The molecule has 2 aromatic heterocycles. The molecule has 0 aliphatic heterocycles. The van der Waals surface area contributed by atoms with E-state index in [2.05, 4.69) is 15.0 Å². The van der Waals surface area contributed by atoms with Gasteiger partial charge in [-0.15, -0.1) is 0 Å². The lowest BCUT2D eigenvalue weighted by molar-refractivity contribution is 0.0784. The van der Waals surface area contributed by atoms with Gasteiger partial charge in [0.05, 0.1) is 11.1 Å². The second-order valence-electron chi connectivity index (χ2n) is 5.11. The average molecular weight is 324 g/mol. The van der Waals surface area contributed by atoms with Crippen molar-refractivity contribution >= 4 is 28.6 Å². The third kappa shape index (κ3) is 3.32. The predicted octanol–water partition coefficient (Wildman–Crippen LogP) is 3.02. The van der Waals surface area contributed by atoms with E-state index in [0.29, 0.717) is 17.3 Å². The minimum atomic E-state index is -0.0986. The van der Waals surface area contributed by atoms with Crippen LogP contribution in [0.2, 0.25) is 0 Å². The Morgan fingerprint density at radius 3 is 2.65 bits per heavy atom. The fourth-order valence-electron chi connectivity index (χ4n) is 2.38. The number of rotatable bonds is 4. The Morgan fingerprint density at radius 2 is 1.91 bits per heavy atom. The van der Waals surface area contributed by atoms with Gasteiger partial charge >= 0.3 is 0 Å². The van der Waals surface area contributed by atoms with E-state index in [1.165, 1.54) is 11.8 Å². The first-order chi connectivity index (χ1) is 11.2. The number of hydrogen-bond acceptors (Lipinski definition) is 5. The lowest BCUT2D eigenvalue weighted by Gasteiger charge is -2.18. The summed E-state index contributed by atoms with van der Waals surface area (Å²) < 4.78 is 0. The molecule has 116 valence electrons. The SMILES string of the molecule is CSc1ncc(C(=O)N(C)Cc2cccc3ncccc23)cn1. The molecule has 23 heavy (non-hydrogen) atoms. The van der Waals surface area contributed by atoms with Crippen molar-refractivity contribution in [3.63, 3.8) is 0 Å². The quantitative estimate of drug-likeness (QED) is 0.545. The molecule has 3 aromatic rings. The molecule has 0 radical (unpaired) electrons. The zero-order chi connectivity index (χ0) is 16.2. The van der Waals surface area contributed by atoms with Crippen molar-refractivity contribution in [2.24, 2.45) is 0 Å². The molecule has 5 nitrogen and oxygen atoms in total. The average Bonchev–Trinajstić information content (AvgIpc) is 2.61. The minimum absolute atomic E-state index is 0.0986. The summed E-state index contributed by atoms with van der Waals surface area (Å²) in [5.41, 5.74) is 2.48. The molecule has 0 saturated heterocycles. The van der Waals surface area contributed by atoms with Crippen LogP contribution in [0.25, 0.3) is 10.9 Å². The van der Waals surface area contributed by atoms with Gasteiger partial charge in [-0.2, -0.15) is 0 Å². The molecule has 0 aliphatic carbocycles. The van der Waals surface area contributed by atoms with Crippen LogP contribution in [0.4, 0.5) is 0 Å². The second-order valence-corrected chi connectivity index (χ2v) is 5.88. The number of nitrogens with zero attached hydrogens (tertiary/aromatic N) is 4. The molecule has 3 rings (SSSR count). The maximum Gasteiger partial charge on any atom is 0.257 e. The first kappa shape index (κ1) is 15.4. The van der Waals surface area contributed by atoms with Crippen LogP contribution in [0.1, 0.15) is 15.9 Å². The Hall–Kier alpha value is -2.47. The van der Waals surface area contributed by atoms with Crippen molar-refractivity contribution in [2.75, 3.05) is 13.3 Å². The Bertz CT molecular complexity index is 830. The third-order valence-electron chi connectivity index (χ3n) is 3.55. The largest absolute Gasteiger partial charge is 0.337 e. The lowest BCUT2D eigenvalue weighted by atomic mass is 10.1. The summed E-state index contributed by atoms with van der Waals surface area (Å²) in [6.07, 6.45) is 6.81. The topological polar surface area (TPSA) is 59.0 Å². The zero-order valence-electron chi connectivity index (χ0n) is 12.9. The molecule has 6 heteroatoms. The van der Waals surface area contributed by atoms with Crippen molar-refractivity contribution in [2.45, 2.75) is 11.7 Å². The van der Waals surface area contributed by atoms with Crippen molar-refractivity contribution in [1.82, 2.24) is 19.9 Å². The second kappa shape index (κ2) is 6.75. The molecular weight excluding hydrogens is 308 g/mol. The normalized spacial score (nSPS) is 10.7. The van der Waals surface area contributed by atoms with E-state index >= 15 is 0 Å². The van der Waals surface area contributed by atoms with Gasteiger partial charge in [-0.05, 0) is 24.0 Å². The number of carbonyl (C=O) groups excluding carboxylic acids is 1. The lowest BCUT2D eigenvalue weighted by Crippen LogP contribution is -2.26. The summed E-state index contributed by atoms with van der Waals surface area (Å²) in [5.74, 6) is -0.0986. The van der Waals surface area contributed by atoms with E-state index < -0.39 is 0 Å². The predicted molar refractivity (Wildman–Crippen MR) is 91.4 cm³/mol. The molecule has 0 aliphatic rings. The van der Waals surface area contributed by atoms with E-state index in [0.717, 1.165) is 16.5 Å². The molecule has 1 amide bonds. The third-order valence-corrected chi connectivity index (χ3v) is 4.12. The summed E-state index contributed by atoms with van der Waals surface area (Å²) in [6.45, 7) is 0.506. The van der Waals surface area contributed by atoms with Crippen LogP contribution in [-0.4, -0.2) is 39.1 Å². The summed E-state index contributed by atoms with van der Waals surface area (Å²) >= 11 is 1.45. The molecule has 0 saturated carbocycles. The molecule has 1 aromatic carbocycles. The highest BCUT2D eigenvalue weighted by molar-refractivity contribution is 7.98. The van der Waals surface area contributed by atoms with Crippen molar-refractivity contribution in [1.29, 1.82) is 0 Å². The Balaban J connectivity index is 1.82. The number of pyridine rings is 1. The zero-order valence-corrected chi connectivity index (χ0v) is 13.7. The summed E-state index contributed by atoms with van der Waals surface area (Å²) in [6, 6.07) is 9.87. The van der Waals surface area contributed by atoms with Gasteiger partial charge in [0.2, 0.25) is 0 Å². The van der Waals surface area contributed by atoms with Crippen molar-refractivity contribution in [3.8, 4) is 0 Å². The van der Waals surface area contributed by atoms with Gasteiger partial charge in [0.1, 0.15) is 0 Å². The monoisotopic (exact) mass is 324 g/mol. The van der Waals surface area contributed by atoms with Crippen LogP contribution in [-0.2, 0) is 6.54 Å². The van der Waals surface area contributed by atoms with Gasteiger partial charge in [0.25, 0.3) is 5.91 Å². The number of aromatic nitrogens is 3. The molecule has 0 N–H and O–H groups in total. The van der Waals surface area contributed by atoms with E-state index in [1.54, 1.807) is 30.5 Å². The van der Waals surface area contributed by atoms with Gasteiger partial charge in [-0.25, -0.2) is 9.97 Å². The smallest absolute Gasteiger partial charge is 0.257 e. The number of benzene rings is 1. The highest BCUT2D eigenvalue weighted by Crippen LogP contribution is 2.18. The van der Waals surface area contributed by atoms with E-state index in [1.807, 2.05) is 36.6 Å². The van der Waals surface area contributed by atoms with Gasteiger partial charge in [-0.1, -0.05) is 30.0 Å². The molecule has 0 spiro atoms. The number of amides is 1. The molecule has 2 heterocycles. The Morgan fingerprint density at radius 1 is 1.13 bits per heavy atom. The summed E-state index contributed by atoms with van der Waals surface area (Å²) in [4.78, 5) is 26.8.